The molecule has 2 aliphatic heterocycles. The first-order chi connectivity index (χ1) is 14.7. The maximum atomic E-state index is 13.0. The van der Waals surface area contributed by atoms with E-state index in [-0.39, 0.29) is 11.9 Å². The minimum Gasteiger partial charge on any atom is -0.497 e. The van der Waals surface area contributed by atoms with Crippen molar-refractivity contribution in [2.75, 3.05) is 25.2 Å². The number of nitrogens with one attached hydrogen (secondary N) is 1. The van der Waals surface area contributed by atoms with Crippen LogP contribution in [-0.4, -0.2) is 36.8 Å². The van der Waals surface area contributed by atoms with Crippen molar-refractivity contribution < 1.29 is 9.53 Å². The van der Waals surface area contributed by atoms with E-state index >= 15 is 0 Å². The number of amides is 1. The second kappa shape index (κ2) is 9.49. The molecule has 4 rings (SSSR count). The third-order valence-electron chi connectivity index (χ3n) is 5.64. The van der Waals surface area contributed by atoms with Gasteiger partial charge in [0.2, 0.25) is 0 Å². The second-order valence-corrected chi connectivity index (χ2v) is 8.09. The fourth-order valence-electron chi connectivity index (χ4n) is 3.98. The van der Waals surface area contributed by atoms with E-state index < -0.39 is 0 Å². The van der Waals surface area contributed by atoms with E-state index in [4.69, 9.17) is 21.4 Å². The van der Waals surface area contributed by atoms with Crippen LogP contribution in [0.4, 0.5) is 5.69 Å². The van der Waals surface area contributed by atoms with Gasteiger partial charge in [0, 0.05) is 19.5 Å². The summed E-state index contributed by atoms with van der Waals surface area (Å²) in [4.78, 5) is 13.0. The lowest BCUT2D eigenvalue weighted by Gasteiger charge is -2.24. The maximum Gasteiger partial charge on any atom is 0.281 e. The predicted octanol–water partition coefficient (Wildman–Crippen LogP) is 4.56. The molecule has 0 aliphatic carbocycles. The summed E-state index contributed by atoms with van der Waals surface area (Å²) in [5.74, 6) is 0.658. The third-order valence-corrected chi connectivity index (χ3v) is 5.96. The van der Waals surface area contributed by atoms with Crippen molar-refractivity contribution in [2.24, 2.45) is 5.10 Å². The number of para-hydroxylation sites is 1. The van der Waals surface area contributed by atoms with Gasteiger partial charge >= 0.3 is 0 Å². The Morgan fingerprint density at radius 1 is 1.07 bits per heavy atom. The molecule has 1 atom stereocenters. The Morgan fingerprint density at radius 3 is 2.43 bits per heavy atom. The van der Waals surface area contributed by atoms with Crippen LogP contribution in [0.3, 0.4) is 0 Å². The molecule has 2 aromatic carbocycles. The molecule has 30 heavy (non-hydrogen) atoms. The zero-order valence-corrected chi connectivity index (χ0v) is 17.9. The molecule has 7 heteroatoms. The molecule has 1 saturated heterocycles. The average Bonchev–Trinajstić information content (AvgIpc) is 3.05. The zero-order chi connectivity index (χ0) is 20.9. The Bertz CT molecular complexity index is 908. The Morgan fingerprint density at radius 2 is 1.77 bits per heavy atom. The largest absolute Gasteiger partial charge is 0.497 e. The number of hydrogen-bond acceptors (Lipinski definition) is 5. The molecule has 2 heterocycles. The predicted molar refractivity (Wildman–Crippen MR) is 120 cm³/mol. The summed E-state index contributed by atoms with van der Waals surface area (Å²) in [6.07, 6.45) is 5.15. The van der Waals surface area contributed by atoms with E-state index in [0.717, 1.165) is 42.9 Å². The smallest absolute Gasteiger partial charge is 0.281 e. The van der Waals surface area contributed by atoms with Crippen LogP contribution in [0.1, 0.15) is 43.7 Å². The highest BCUT2D eigenvalue weighted by molar-refractivity contribution is 6.40. The minimum absolute atomic E-state index is 0.110. The number of carbonyl (C=O) groups is 1. The molecule has 2 aliphatic rings. The number of anilines is 1. The van der Waals surface area contributed by atoms with E-state index in [1.165, 1.54) is 12.8 Å². The van der Waals surface area contributed by atoms with Crippen molar-refractivity contribution in [1.82, 2.24) is 10.4 Å². The van der Waals surface area contributed by atoms with Crippen molar-refractivity contribution in [3.8, 4) is 5.75 Å². The summed E-state index contributed by atoms with van der Waals surface area (Å²) in [6, 6.07) is 15.4. The highest BCUT2D eigenvalue weighted by Crippen LogP contribution is 2.39. The van der Waals surface area contributed by atoms with Gasteiger partial charge in [-0.3, -0.25) is 15.2 Å². The molecule has 0 spiro atoms. The van der Waals surface area contributed by atoms with Crippen LogP contribution in [0.2, 0.25) is 5.02 Å². The van der Waals surface area contributed by atoms with E-state index in [9.17, 15) is 4.79 Å². The topological polar surface area (TPSA) is 57.2 Å². The average molecular weight is 427 g/mol. The van der Waals surface area contributed by atoms with Crippen LogP contribution in [0.25, 0.3) is 0 Å². The van der Waals surface area contributed by atoms with Crippen LogP contribution in [0.5, 0.6) is 5.75 Å². The Hall–Kier alpha value is -2.57. The van der Waals surface area contributed by atoms with Gasteiger partial charge in [-0.1, -0.05) is 48.7 Å². The fourth-order valence-corrected chi connectivity index (χ4v) is 4.21. The summed E-state index contributed by atoms with van der Waals surface area (Å²) >= 11 is 6.47. The Labute approximate surface area is 182 Å². The molecule has 1 fully saturated rings. The van der Waals surface area contributed by atoms with Crippen molar-refractivity contribution in [2.45, 2.75) is 38.1 Å². The lowest BCUT2D eigenvalue weighted by atomic mass is 10.0. The molecule has 1 amide bonds. The number of rotatable bonds is 5. The van der Waals surface area contributed by atoms with Gasteiger partial charge in [0.05, 0.1) is 23.9 Å². The molecule has 0 aromatic heterocycles. The van der Waals surface area contributed by atoms with Crippen molar-refractivity contribution in [3.63, 3.8) is 0 Å². The van der Waals surface area contributed by atoms with Crippen LogP contribution < -0.4 is 15.2 Å². The Kier molecular flexibility index (Phi) is 6.55. The summed E-state index contributed by atoms with van der Waals surface area (Å²) in [6.45, 7) is 1.77. The number of carbonyl (C=O) groups excluding carboxylic acids is 1. The molecule has 1 N–H and O–H groups in total. The van der Waals surface area contributed by atoms with Gasteiger partial charge in [0.25, 0.3) is 5.91 Å². The zero-order valence-electron chi connectivity index (χ0n) is 17.2. The van der Waals surface area contributed by atoms with Gasteiger partial charge in [0.15, 0.2) is 0 Å². The highest BCUT2D eigenvalue weighted by Gasteiger charge is 2.33. The number of hydrazine groups is 1. The van der Waals surface area contributed by atoms with Crippen LogP contribution in [-0.2, 0) is 4.79 Å². The molecule has 0 radical (unpaired) electrons. The third kappa shape index (κ3) is 4.60. The second-order valence-electron chi connectivity index (χ2n) is 7.68. The number of ether oxygens (including phenoxy) is 1. The maximum absolute atomic E-state index is 13.0. The van der Waals surface area contributed by atoms with Crippen LogP contribution >= 0.6 is 11.6 Å². The quantitative estimate of drug-likeness (QED) is 0.761. The lowest BCUT2D eigenvalue weighted by Crippen LogP contribution is -2.45. The molecule has 0 saturated carbocycles. The highest BCUT2D eigenvalue weighted by atomic mass is 35.5. The number of benzene rings is 2. The fraction of sp³-hybridized carbons (Fsp3) is 0.391. The SMILES string of the molecule is COc1ccc(C2CC(C(=O)NN3CCCCCC3)=NN2c2ccccc2Cl)cc1. The van der Waals surface area contributed by atoms with Crippen molar-refractivity contribution in [3.05, 3.63) is 59.1 Å². The number of halogens is 1. The normalized spacial score (nSPS) is 19.9. The first-order valence-electron chi connectivity index (χ1n) is 10.5. The minimum atomic E-state index is -0.134. The summed E-state index contributed by atoms with van der Waals surface area (Å²) in [7, 11) is 1.65. The summed E-state index contributed by atoms with van der Waals surface area (Å²) < 4.78 is 5.28. The van der Waals surface area contributed by atoms with E-state index in [1.807, 2.05) is 58.5 Å². The first-order valence-corrected chi connectivity index (χ1v) is 10.8. The monoisotopic (exact) mass is 426 g/mol. The summed E-state index contributed by atoms with van der Waals surface area (Å²) in [5, 5.41) is 9.20. The molecule has 6 nitrogen and oxygen atoms in total. The first kappa shape index (κ1) is 20.7. The van der Waals surface area contributed by atoms with E-state index in [1.54, 1.807) is 7.11 Å². The van der Waals surface area contributed by atoms with E-state index in [0.29, 0.717) is 17.2 Å². The molecule has 2 aromatic rings. The standard InChI is InChI=1S/C23H27ClN4O2/c1-30-18-12-10-17(11-13-18)22-16-20(23(29)26-27-14-6-2-3-7-15-27)25-28(22)21-9-5-4-8-19(21)24/h4-5,8-13,22H,2-3,6-7,14-16H2,1H3,(H,26,29). The Balaban J connectivity index is 1.59. The number of nitrogens with zero attached hydrogens (tertiary/aromatic N) is 3. The molecular formula is C23H27ClN4O2. The van der Waals surface area contributed by atoms with Crippen molar-refractivity contribution >= 4 is 28.9 Å². The summed E-state index contributed by atoms with van der Waals surface area (Å²) in [5.41, 5.74) is 5.42. The van der Waals surface area contributed by atoms with Crippen LogP contribution in [0.15, 0.2) is 53.6 Å². The van der Waals surface area contributed by atoms with Gasteiger partial charge in [-0.2, -0.15) is 5.10 Å². The molecule has 0 bridgehead atoms. The number of hydrogen-bond donors (Lipinski definition) is 1. The van der Waals surface area contributed by atoms with Gasteiger partial charge in [-0.25, -0.2) is 5.01 Å². The van der Waals surface area contributed by atoms with Gasteiger partial charge in [-0.05, 0) is 42.7 Å². The van der Waals surface area contributed by atoms with Gasteiger partial charge < -0.3 is 4.74 Å². The molecule has 158 valence electrons. The van der Waals surface area contributed by atoms with E-state index in [2.05, 4.69) is 5.43 Å². The van der Waals surface area contributed by atoms with Gasteiger partial charge in [-0.15, -0.1) is 0 Å². The molecular weight excluding hydrogens is 400 g/mol. The lowest BCUT2D eigenvalue weighted by molar-refractivity contribution is -0.119. The number of hydrazone groups is 1. The number of methoxy groups -OCH3 is 1. The molecule has 1 unspecified atom stereocenters. The van der Waals surface area contributed by atoms with Crippen molar-refractivity contribution in [1.29, 1.82) is 0 Å². The van der Waals surface area contributed by atoms with Crippen LogP contribution in [0, 0.1) is 0 Å². The van der Waals surface area contributed by atoms with Gasteiger partial charge in [0.1, 0.15) is 11.5 Å².